The number of phenolic OH excluding ortho intramolecular Hbond substituents is 1. The smallest absolute Gasteiger partial charge is 0.257 e. The first kappa shape index (κ1) is 23.5. The fourth-order valence-electron chi connectivity index (χ4n) is 3.87. The number of carbonyl (C=O) groups is 1. The summed E-state index contributed by atoms with van der Waals surface area (Å²) in [4.78, 5) is 16.8. The molecule has 0 spiro atoms. The quantitative estimate of drug-likeness (QED) is 0.371. The molecule has 1 fully saturated rings. The third-order valence-electron chi connectivity index (χ3n) is 5.65. The molecule has 10 heteroatoms. The zero-order valence-corrected chi connectivity index (χ0v) is 20.8. The van der Waals surface area contributed by atoms with Gasteiger partial charge in [-0.15, -0.1) is 11.3 Å². The third kappa shape index (κ3) is 5.13. The van der Waals surface area contributed by atoms with Gasteiger partial charge in [-0.1, -0.05) is 26.8 Å². The van der Waals surface area contributed by atoms with Crippen LogP contribution in [0.15, 0.2) is 30.3 Å². The lowest BCUT2D eigenvalue weighted by atomic mass is 9.86. The minimum atomic E-state index is -0.519. The summed E-state index contributed by atoms with van der Waals surface area (Å²) in [5, 5.41) is 27.2. The summed E-state index contributed by atoms with van der Waals surface area (Å²) in [5.74, 6) is 0.621. The van der Waals surface area contributed by atoms with E-state index >= 15 is 0 Å². The summed E-state index contributed by atoms with van der Waals surface area (Å²) in [5.41, 5.74) is 0.483. The summed E-state index contributed by atoms with van der Waals surface area (Å²) in [6.45, 7) is 9.34. The first-order valence-corrected chi connectivity index (χ1v) is 12.4. The van der Waals surface area contributed by atoms with Gasteiger partial charge in [0.15, 0.2) is 17.4 Å². The number of rotatable bonds is 6. The minimum Gasteiger partial charge on any atom is -0.505 e. The zero-order valence-electron chi connectivity index (χ0n) is 19.1. The molecule has 1 saturated heterocycles. The van der Waals surface area contributed by atoms with Gasteiger partial charge in [0.25, 0.3) is 5.91 Å². The molecular formula is C23H29N5O3S2. The van der Waals surface area contributed by atoms with Crippen molar-refractivity contribution in [2.45, 2.75) is 46.3 Å². The number of aliphatic hydroxyl groups is 1. The maximum Gasteiger partial charge on any atom is 0.257 e. The Morgan fingerprint density at radius 1 is 1.21 bits per heavy atom. The Kier molecular flexibility index (Phi) is 6.60. The van der Waals surface area contributed by atoms with E-state index in [1.54, 1.807) is 34.4 Å². The number of β-amino-alcohol motifs (C(OH)–C–C–N with tert-alkyl or cyclic N) is 1. The zero-order chi connectivity index (χ0) is 23.8. The van der Waals surface area contributed by atoms with Crippen LogP contribution in [0.2, 0.25) is 0 Å². The van der Waals surface area contributed by atoms with Crippen LogP contribution in [0, 0.1) is 12.3 Å². The van der Waals surface area contributed by atoms with Crippen molar-refractivity contribution in [2.75, 3.05) is 23.7 Å². The monoisotopic (exact) mass is 487 g/mol. The number of phenols is 1. The summed E-state index contributed by atoms with van der Waals surface area (Å²) in [6, 6.07) is 9.24. The number of likely N-dealkylation sites (tertiary alicyclic amines) is 1. The van der Waals surface area contributed by atoms with Crippen molar-refractivity contribution in [3.63, 3.8) is 0 Å². The molecule has 0 bridgehead atoms. The Labute approximate surface area is 201 Å². The lowest BCUT2D eigenvalue weighted by molar-refractivity contribution is 0.0762. The van der Waals surface area contributed by atoms with Crippen LogP contribution in [0.5, 0.6) is 5.75 Å². The van der Waals surface area contributed by atoms with Gasteiger partial charge >= 0.3 is 0 Å². The topological polar surface area (TPSA) is 111 Å². The van der Waals surface area contributed by atoms with Crippen molar-refractivity contribution in [1.29, 1.82) is 0 Å². The molecule has 3 heterocycles. The minimum absolute atomic E-state index is 0.0174. The summed E-state index contributed by atoms with van der Waals surface area (Å²) in [7, 11) is 0. The standard InChI is InChI=1S/C23H29N5O3S2/c1-13-8-9-17(32-13)19(23(2,3)4)25-21-20(26-33-27-21)24-16-7-5-6-15(18(16)30)22(31)28-11-10-14(29)12-28/h5-9,14,19,29-30H,10-12H2,1-4H3,(H,24,26)(H,25,27)/t14-,19+/m1/s1. The van der Waals surface area contributed by atoms with E-state index in [1.165, 1.54) is 9.75 Å². The second-order valence-electron chi connectivity index (χ2n) is 9.37. The van der Waals surface area contributed by atoms with Crippen molar-refractivity contribution in [3.05, 3.63) is 45.6 Å². The molecular weight excluding hydrogens is 458 g/mol. The van der Waals surface area contributed by atoms with E-state index in [-0.39, 0.29) is 35.2 Å². The highest BCUT2D eigenvalue weighted by Crippen LogP contribution is 2.41. The van der Waals surface area contributed by atoms with Crippen molar-refractivity contribution in [2.24, 2.45) is 5.41 Å². The first-order valence-electron chi connectivity index (χ1n) is 10.8. The highest BCUT2D eigenvalue weighted by molar-refractivity contribution is 7.12. The molecule has 2 atom stereocenters. The van der Waals surface area contributed by atoms with Gasteiger partial charge in [-0.25, -0.2) is 0 Å². The van der Waals surface area contributed by atoms with Gasteiger partial charge < -0.3 is 25.7 Å². The van der Waals surface area contributed by atoms with Crippen LogP contribution >= 0.6 is 23.1 Å². The van der Waals surface area contributed by atoms with Crippen molar-refractivity contribution < 1.29 is 15.0 Å². The maximum atomic E-state index is 12.8. The average molecular weight is 488 g/mol. The average Bonchev–Trinajstić information content (AvgIpc) is 3.48. The number of para-hydroxylation sites is 1. The molecule has 3 aromatic rings. The number of benzene rings is 1. The number of hydrogen-bond donors (Lipinski definition) is 4. The number of anilines is 3. The molecule has 1 aromatic carbocycles. The van der Waals surface area contributed by atoms with Gasteiger partial charge in [0.05, 0.1) is 35.1 Å². The van der Waals surface area contributed by atoms with Gasteiger partial charge in [-0.2, -0.15) is 8.75 Å². The lowest BCUT2D eigenvalue weighted by Crippen LogP contribution is -2.29. The van der Waals surface area contributed by atoms with Crippen LogP contribution in [0.3, 0.4) is 0 Å². The van der Waals surface area contributed by atoms with E-state index in [2.05, 4.69) is 59.2 Å². The molecule has 2 aromatic heterocycles. The van der Waals surface area contributed by atoms with Gasteiger partial charge in [0.2, 0.25) is 0 Å². The first-order chi connectivity index (χ1) is 15.6. The number of carbonyl (C=O) groups excluding carboxylic acids is 1. The molecule has 1 aliphatic heterocycles. The predicted molar refractivity (Wildman–Crippen MR) is 133 cm³/mol. The van der Waals surface area contributed by atoms with Crippen LogP contribution in [-0.2, 0) is 0 Å². The number of aromatic nitrogens is 2. The Morgan fingerprint density at radius 2 is 1.97 bits per heavy atom. The summed E-state index contributed by atoms with van der Waals surface area (Å²) in [6.07, 6.45) is 0.0258. The Morgan fingerprint density at radius 3 is 2.61 bits per heavy atom. The van der Waals surface area contributed by atoms with Crippen LogP contribution in [0.4, 0.5) is 17.3 Å². The molecule has 0 saturated carbocycles. The second kappa shape index (κ2) is 9.28. The molecule has 8 nitrogen and oxygen atoms in total. The number of thiophene rings is 1. The number of aliphatic hydroxyl groups excluding tert-OH is 1. The number of aromatic hydroxyl groups is 1. The molecule has 4 N–H and O–H groups in total. The molecule has 0 aliphatic carbocycles. The molecule has 4 rings (SSSR count). The van der Waals surface area contributed by atoms with E-state index in [1.807, 2.05) is 0 Å². The Bertz CT molecular complexity index is 1140. The molecule has 0 radical (unpaired) electrons. The van der Waals surface area contributed by atoms with Crippen LogP contribution in [0.25, 0.3) is 0 Å². The van der Waals surface area contributed by atoms with E-state index in [9.17, 15) is 15.0 Å². The number of amides is 1. The van der Waals surface area contributed by atoms with Crippen LogP contribution in [0.1, 0.15) is 53.3 Å². The number of hydrogen-bond acceptors (Lipinski definition) is 9. The highest BCUT2D eigenvalue weighted by Gasteiger charge is 2.30. The van der Waals surface area contributed by atoms with E-state index in [0.717, 1.165) is 11.7 Å². The Hall–Kier alpha value is -2.69. The Balaban J connectivity index is 1.57. The number of nitrogens with one attached hydrogen (secondary N) is 2. The van der Waals surface area contributed by atoms with E-state index in [4.69, 9.17) is 0 Å². The van der Waals surface area contributed by atoms with Gasteiger partial charge in [0.1, 0.15) is 0 Å². The second-order valence-corrected chi connectivity index (χ2v) is 11.2. The fourth-order valence-corrected chi connectivity index (χ4v) is 5.52. The van der Waals surface area contributed by atoms with Crippen molar-refractivity contribution >= 4 is 46.3 Å². The largest absolute Gasteiger partial charge is 0.505 e. The van der Waals surface area contributed by atoms with E-state index in [0.29, 0.717) is 30.3 Å². The molecule has 1 aliphatic rings. The molecule has 1 amide bonds. The van der Waals surface area contributed by atoms with Crippen molar-refractivity contribution in [1.82, 2.24) is 13.6 Å². The van der Waals surface area contributed by atoms with Crippen molar-refractivity contribution in [3.8, 4) is 5.75 Å². The SMILES string of the molecule is Cc1ccc([C@H](Nc2nsnc2Nc2cccc(C(=O)N3CC[C@@H](O)C3)c2O)C(C)(C)C)s1. The van der Waals surface area contributed by atoms with Gasteiger partial charge in [0, 0.05) is 22.8 Å². The third-order valence-corrected chi connectivity index (χ3v) is 7.25. The predicted octanol–water partition coefficient (Wildman–Crippen LogP) is 4.76. The molecule has 176 valence electrons. The van der Waals surface area contributed by atoms with Crippen LogP contribution in [-0.4, -0.2) is 49.0 Å². The summed E-state index contributed by atoms with van der Waals surface area (Å²) < 4.78 is 8.80. The lowest BCUT2D eigenvalue weighted by Gasteiger charge is -2.31. The van der Waals surface area contributed by atoms with E-state index < -0.39 is 6.10 Å². The normalized spacial score (nSPS) is 17.2. The number of aryl methyl sites for hydroxylation is 1. The summed E-state index contributed by atoms with van der Waals surface area (Å²) >= 11 is 2.82. The maximum absolute atomic E-state index is 12.8. The fraction of sp³-hybridized carbons (Fsp3) is 0.435. The number of nitrogens with zero attached hydrogens (tertiary/aromatic N) is 3. The molecule has 33 heavy (non-hydrogen) atoms. The van der Waals surface area contributed by atoms with Crippen LogP contribution < -0.4 is 10.6 Å². The highest BCUT2D eigenvalue weighted by atomic mass is 32.1. The van der Waals surface area contributed by atoms with Gasteiger partial charge in [-0.3, -0.25) is 4.79 Å². The molecule has 0 unspecified atom stereocenters. The van der Waals surface area contributed by atoms with Gasteiger partial charge in [-0.05, 0) is 43.0 Å².